The fourth-order valence-electron chi connectivity index (χ4n) is 1.78. The Balaban J connectivity index is 2.19. The van der Waals surface area contributed by atoms with Crippen molar-refractivity contribution in [3.05, 3.63) is 57.1 Å². The van der Waals surface area contributed by atoms with Crippen LogP contribution < -0.4 is 10.5 Å². The van der Waals surface area contributed by atoms with Gasteiger partial charge in [-0.3, -0.25) is 0 Å². The predicted molar refractivity (Wildman–Crippen MR) is 81.1 cm³/mol. The number of anilines is 1. The lowest BCUT2D eigenvalue weighted by Crippen LogP contribution is -2.01. The van der Waals surface area contributed by atoms with Gasteiger partial charge in [-0.1, -0.05) is 47.0 Å². The van der Waals surface area contributed by atoms with Gasteiger partial charge in [0.2, 0.25) is 0 Å². The normalized spacial score (nSPS) is 10.5. The lowest BCUT2D eigenvalue weighted by atomic mass is 10.1. The van der Waals surface area contributed by atoms with E-state index in [0.29, 0.717) is 28.1 Å². The molecule has 0 aliphatic heterocycles. The molecule has 0 heterocycles. The molecule has 2 rings (SSSR count). The summed E-state index contributed by atoms with van der Waals surface area (Å²) in [7, 11) is 0. The number of benzene rings is 2. The van der Waals surface area contributed by atoms with Crippen molar-refractivity contribution in [2.45, 2.75) is 20.5 Å². The first-order valence-corrected chi connectivity index (χ1v) is 6.66. The fourth-order valence-corrected chi connectivity index (χ4v) is 2.11. The van der Waals surface area contributed by atoms with Crippen molar-refractivity contribution >= 4 is 28.9 Å². The zero-order chi connectivity index (χ0) is 14.0. The van der Waals surface area contributed by atoms with Gasteiger partial charge in [-0.15, -0.1) is 0 Å². The van der Waals surface area contributed by atoms with Crippen LogP contribution in [0.15, 0.2) is 30.3 Å². The van der Waals surface area contributed by atoms with Gasteiger partial charge in [-0.2, -0.15) is 0 Å². The van der Waals surface area contributed by atoms with E-state index in [1.807, 2.05) is 0 Å². The highest BCUT2D eigenvalue weighted by Crippen LogP contribution is 2.32. The Bertz CT molecular complexity index is 611. The maximum Gasteiger partial charge on any atom is 0.144 e. The first-order valence-electron chi connectivity index (χ1n) is 5.91. The number of aryl methyl sites for hydroxylation is 2. The zero-order valence-corrected chi connectivity index (χ0v) is 12.3. The maximum atomic E-state index is 5.96. The lowest BCUT2D eigenvalue weighted by molar-refractivity contribution is 0.307. The molecule has 0 spiro atoms. The Kier molecular flexibility index (Phi) is 4.23. The monoisotopic (exact) mass is 295 g/mol. The summed E-state index contributed by atoms with van der Waals surface area (Å²) in [6, 6.07) is 9.49. The van der Waals surface area contributed by atoms with E-state index >= 15 is 0 Å². The summed E-state index contributed by atoms with van der Waals surface area (Å²) in [4.78, 5) is 0. The topological polar surface area (TPSA) is 35.2 Å². The molecule has 0 saturated carbocycles. The number of nitrogen functional groups attached to an aromatic ring is 1. The molecule has 0 radical (unpaired) electrons. The molecule has 2 N–H and O–H groups in total. The highest BCUT2D eigenvalue weighted by molar-refractivity contribution is 6.42. The van der Waals surface area contributed by atoms with Gasteiger partial charge in [-0.05, 0) is 31.0 Å². The standard InChI is InChI=1S/C15H15Cl2NO/c1-9-3-4-10(2)11(5-9)8-19-15-7-13(17)12(16)6-14(15)18/h3-7H,8,18H2,1-2H3. The summed E-state index contributed by atoms with van der Waals surface area (Å²) in [6.45, 7) is 4.56. The van der Waals surface area contributed by atoms with Crippen LogP contribution in [-0.4, -0.2) is 0 Å². The molecular formula is C15H15Cl2NO. The molecule has 2 aromatic carbocycles. The van der Waals surface area contributed by atoms with Crippen LogP contribution in [0, 0.1) is 13.8 Å². The summed E-state index contributed by atoms with van der Waals surface area (Å²) in [5.41, 5.74) is 9.85. The molecule has 0 aliphatic rings. The Hall–Kier alpha value is -1.38. The van der Waals surface area contributed by atoms with Gasteiger partial charge in [0, 0.05) is 6.07 Å². The quantitative estimate of drug-likeness (QED) is 0.828. The number of hydrogen-bond donors (Lipinski definition) is 1. The van der Waals surface area contributed by atoms with E-state index in [2.05, 4.69) is 32.0 Å². The van der Waals surface area contributed by atoms with Gasteiger partial charge in [0.05, 0.1) is 15.7 Å². The third-order valence-corrected chi connectivity index (χ3v) is 3.66. The molecule has 0 unspecified atom stereocenters. The average Bonchev–Trinajstić information content (AvgIpc) is 2.36. The molecule has 100 valence electrons. The SMILES string of the molecule is Cc1ccc(C)c(COc2cc(Cl)c(Cl)cc2N)c1. The first kappa shape index (κ1) is 14.0. The molecule has 0 amide bonds. The molecule has 0 aliphatic carbocycles. The van der Waals surface area contributed by atoms with E-state index < -0.39 is 0 Å². The van der Waals surface area contributed by atoms with Crippen LogP contribution in [0.3, 0.4) is 0 Å². The first-order chi connectivity index (χ1) is 8.97. The van der Waals surface area contributed by atoms with Crippen LogP contribution in [0.25, 0.3) is 0 Å². The third kappa shape index (κ3) is 3.34. The van der Waals surface area contributed by atoms with Crippen molar-refractivity contribution in [3.63, 3.8) is 0 Å². The molecule has 2 aromatic rings. The molecule has 0 bridgehead atoms. The second kappa shape index (κ2) is 5.72. The Morgan fingerprint density at radius 1 is 1.05 bits per heavy atom. The zero-order valence-electron chi connectivity index (χ0n) is 10.8. The van der Waals surface area contributed by atoms with Crippen molar-refractivity contribution in [1.29, 1.82) is 0 Å². The van der Waals surface area contributed by atoms with Crippen LogP contribution in [0.2, 0.25) is 10.0 Å². The van der Waals surface area contributed by atoms with E-state index in [4.69, 9.17) is 33.7 Å². The van der Waals surface area contributed by atoms with Gasteiger partial charge in [-0.25, -0.2) is 0 Å². The molecule has 2 nitrogen and oxygen atoms in total. The molecule has 0 saturated heterocycles. The summed E-state index contributed by atoms with van der Waals surface area (Å²) in [6.07, 6.45) is 0. The van der Waals surface area contributed by atoms with Gasteiger partial charge in [0.15, 0.2) is 0 Å². The van der Waals surface area contributed by atoms with Gasteiger partial charge < -0.3 is 10.5 Å². The van der Waals surface area contributed by atoms with Gasteiger partial charge in [0.1, 0.15) is 12.4 Å². The molecule has 4 heteroatoms. The Morgan fingerprint density at radius 2 is 1.74 bits per heavy atom. The Morgan fingerprint density at radius 3 is 2.47 bits per heavy atom. The predicted octanol–water partition coefficient (Wildman–Crippen LogP) is 4.77. The molecule has 0 aromatic heterocycles. The number of halogens is 2. The van der Waals surface area contributed by atoms with E-state index in [1.54, 1.807) is 12.1 Å². The number of ether oxygens (including phenoxy) is 1. The molecule has 0 atom stereocenters. The highest BCUT2D eigenvalue weighted by Gasteiger charge is 2.07. The van der Waals surface area contributed by atoms with E-state index in [-0.39, 0.29) is 0 Å². The number of hydrogen-bond acceptors (Lipinski definition) is 2. The second-order valence-corrected chi connectivity index (χ2v) is 5.34. The van der Waals surface area contributed by atoms with Crippen molar-refractivity contribution in [2.75, 3.05) is 5.73 Å². The molecule has 19 heavy (non-hydrogen) atoms. The fraction of sp³-hybridized carbons (Fsp3) is 0.200. The van der Waals surface area contributed by atoms with E-state index in [9.17, 15) is 0 Å². The highest BCUT2D eigenvalue weighted by atomic mass is 35.5. The van der Waals surface area contributed by atoms with Crippen molar-refractivity contribution in [3.8, 4) is 5.75 Å². The summed E-state index contributed by atoms with van der Waals surface area (Å²) >= 11 is 11.8. The largest absolute Gasteiger partial charge is 0.487 e. The summed E-state index contributed by atoms with van der Waals surface area (Å²) in [5.74, 6) is 0.551. The molecular weight excluding hydrogens is 281 g/mol. The average molecular weight is 296 g/mol. The Labute approximate surface area is 123 Å². The van der Waals surface area contributed by atoms with Crippen molar-refractivity contribution in [2.24, 2.45) is 0 Å². The minimum atomic E-state index is 0.429. The van der Waals surface area contributed by atoms with E-state index in [1.165, 1.54) is 11.1 Å². The molecule has 0 fully saturated rings. The maximum absolute atomic E-state index is 5.96. The minimum absolute atomic E-state index is 0.429. The second-order valence-electron chi connectivity index (χ2n) is 4.52. The lowest BCUT2D eigenvalue weighted by Gasteiger charge is -2.12. The third-order valence-electron chi connectivity index (χ3n) is 2.94. The van der Waals surface area contributed by atoms with Crippen molar-refractivity contribution in [1.82, 2.24) is 0 Å². The smallest absolute Gasteiger partial charge is 0.144 e. The van der Waals surface area contributed by atoms with Crippen LogP contribution >= 0.6 is 23.2 Å². The van der Waals surface area contributed by atoms with Crippen LogP contribution in [0.5, 0.6) is 5.75 Å². The minimum Gasteiger partial charge on any atom is -0.487 e. The van der Waals surface area contributed by atoms with Gasteiger partial charge in [0.25, 0.3) is 0 Å². The number of nitrogens with two attached hydrogens (primary N) is 1. The van der Waals surface area contributed by atoms with Crippen LogP contribution in [0.4, 0.5) is 5.69 Å². The van der Waals surface area contributed by atoms with E-state index in [0.717, 1.165) is 5.56 Å². The van der Waals surface area contributed by atoms with Crippen LogP contribution in [0.1, 0.15) is 16.7 Å². The van der Waals surface area contributed by atoms with Gasteiger partial charge >= 0.3 is 0 Å². The van der Waals surface area contributed by atoms with Crippen molar-refractivity contribution < 1.29 is 4.74 Å². The summed E-state index contributed by atoms with van der Waals surface area (Å²) < 4.78 is 5.73. The number of rotatable bonds is 3. The summed E-state index contributed by atoms with van der Waals surface area (Å²) in [5, 5.41) is 0.866. The van der Waals surface area contributed by atoms with Crippen LogP contribution in [-0.2, 0) is 6.61 Å².